The first-order valence-electron chi connectivity index (χ1n) is 5.61. The first-order valence-corrected chi connectivity index (χ1v) is 5.98. The zero-order valence-electron chi connectivity index (χ0n) is 9.54. The fourth-order valence-corrected chi connectivity index (χ4v) is 2.76. The molecule has 1 saturated carbocycles. The van der Waals surface area contributed by atoms with Gasteiger partial charge in [-0.2, -0.15) is 0 Å². The highest BCUT2D eigenvalue weighted by Gasteiger charge is 2.62. The van der Waals surface area contributed by atoms with Crippen molar-refractivity contribution in [1.29, 1.82) is 0 Å². The Kier molecular flexibility index (Phi) is 2.99. The summed E-state index contributed by atoms with van der Waals surface area (Å²) in [6.07, 6.45) is 1.97. The SMILES string of the molecule is CC1(Cc2ccc(Cl)cc2)CC1(CN)CO. The average Bonchev–Trinajstić information content (AvgIpc) is 2.88. The van der Waals surface area contributed by atoms with Crippen molar-refractivity contribution < 1.29 is 5.11 Å². The van der Waals surface area contributed by atoms with Gasteiger partial charge in [0.2, 0.25) is 0 Å². The lowest BCUT2D eigenvalue weighted by Gasteiger charge is -2.19. The van der Waals surface area contributed by atoms with Crippen LogP contribution in [0.1, 0.15) is 18.9 Å². The second-order valence-electron chi connectivity index (χ2n) is 5.18. The first kappa shape index (κ1) is 11.9. The number of halogens is 1. The fraction of sp³-hybridized carbons (Fsp3) is 0.538. The molecule has 0 saturated heterocycles. The molecule has 1 aromatic carbocycles. The molecule has 1 fully saturated rings. The number of benzene rings is 1. The number of rotatable bonds is 4. The van der Waals surface area contributed by atoms with Crippen LogP contribution in [0, 0.1) is 10.8 Å². The second-order valence-corrected chi connectivity index (χ2v) is 5.62. The molecule has 0 aliphatic heterocycles. The van der Waals surface area contributed by atoms with Crippen LogP contribution >= 0.6 is 11.6 Å². The van der Waals surface area contributed by atoms with E-state index >= 15 is 0 Å². The molecule has 1 aromatic rings. The summed E-state index contributed by atoms with van der Waals surface area (Å²) in [5.74, 6) is 0. The van der Waals surface area contributed by atoms with Crippen molar-refractivity contribution in [2.75, 3.05) is 13.2 Å². The molecular formula is C13H18ClNO. The molecule has 88 valence electrons. The summed E-state index contributed by atoms with van der Waals surface area (Å²) in [7, 11) is 0. The van der Waals surface area contributed by atoms with Gasteiger partial charge in [0.25, 0.3) is 0 Å². The zero-order chi connectivity index (χ0) is 11.8. The molecule has 3 heteroatoms. The zero-order valence-corrected chi connectivity index (χ0v) is 10.3. The monoisotopic (exact) mass is 239 g/mol. The third-order valence-electron chi connectivity index (χ3n) is 4.08. The number of hydrogen-bond acceptors (Lipinski definition) is 2. The maximum Gasteiger partial charge on any atom is 0.0505 e. The van der Waals surface area contributed by atoms with E-state index in [4.69, 9.17) is 17.3 Å². The second kappa shape index (κ2) is 4.02. The molecule has 0 heterocycles. The molecule has 1 aliphatic rings. The number of nitrogens with two attached hydrogens (primary N) is 1. The lowest BCUT2D eigenvalue weighted by Crippen LogP contribution is -2.26. The van der Waals surface area contributed by atoms with Gasteiger partial charge >= 0.3 is 0 Å². The lowest BCUT2D eigenvalue weighted by atomic mass is 9.89. The number of hydrogen-bond donors (Lipinski definition) is 2. The standard InChI is InChI=1S/C13H18ClNO/c1-12(7-13(12,8-15)9-16)6-10-2-4-11(14)5-3-10/h2-5,16H,6-9,15H2,1H3. The van der Waals surface area contributed by atoms with Crippen LogP contribution in [0.4, 0.5) is 0 Å². The van der Waals surface area contributed by atoms with Gasteiger partial charge in [-0.3, -0.25) is 0 Å². The minimum absolute atomic E-state index is 0.0629. The van der Waals surface area contributed by atoms with E-state index in [9.17, 15) is 5.11 Å². The molecule has 0 amide bonds. The third kappa shape index (κ3) is 1.86. The van der Waals surface area contributed by atoms with E-state index in [1.54, 1.807) is 0 Å². The predicted molar refractivity (Wildman–Crippen MR) is 66.5 cm³/mol. The van der Waals surface area contributed by atoms with Gasteiger partial charge in [-0.05, 0) is 36.0 Å². The molecule has 2 rings (SSSR count). The quantitative estimate of drug-likeness (QED) is 0.847. The van der Waals surface area contributed by atoms with Crippen molar-refractivity contribution in [1.82, 2.24) is 0 Å². The van der Waals surface area contributed by atoms with Gasteiger partial charge in [-0.25, -0.2) is 0 Å². The maximum absolute atomic E-state index is 9.41. The Hall–Kier alpha value is -0.570. The van der Waals surface area contributed by atoms with E-state index in [0.29, 0.717) is 6.54 Å². The Balaban J connectivity index is 2.09. The lowest BCUT2D eigenvalue weighted by molar-refractivity contribution is 0.180. The summed E-state index contributed by atoms with van der Waals surface area (Å²) in [5.41, 5.74) is 7.09. The van der Waals surface area contributed by atoms with E-state index in [2.05, 4.69) is 6.92 Å². The average molecular weight is 240 g/mol. The van der Waals surface area contributed by atoms with Gasteiger partial charge < -0.3 is 10.8 Å². The van der Waals surface area contributed by atoms with Gasteiger partial charge in [0.1, 0.15) is 0 Å². The van der Waals surface area contributed by atoms with Gasteiger partial charge in [0.15, 0.2) is 0 Å². The summed E-state index contributed by atoms with van der Waals surface area (Å²) >= 11 is 5.85. The Labute approximate surface area is 101 Å². The summed E-state index contributed by atoms with van der Waals surface area (Å²) in [4.78, 5) is 0. The topological polar surface area (TPSA) is 46.2 Å². The Morgan fingerprint density at radius 2 is 2.00 bits per heavy atom. The van der Waals surface area contributed by atoms with Gasteiger partial charge in [-0.1, -0.05) is 30.7 Å². The molecule has 0 aromatic heterocycles. The van der Waals surface area contributed by atoms with Gasteiger partial charge in [0, 0.05) is 17.0 Å². The van der Waals surface area contributed by atoms with Crippen molar-refractivity contribution >= 4 is 11.6 Å². The van der Waals surface area contributed by atoms with Crippen molar-refractivity contribution in [3.05, 3.63) is 34.9 Å². The van der Waals surface area contributed by atoms with Crippen LogP contribution in [0.25, 0.3) is 0 Å². The highest BCUT2D eigenvalue weighted by atomic mass is 35.5. The van der Waals surface area contributed by atoms with Crippen LogP contribution < -0.4 is 5.73 Å². The third-order valence-corrected chi connectivity index (χ3v) is 4.34. The van der Waals surface area contributed by atoms with E-state index in [1.807, 2.05) is 24.3 Å². The highest BCUT2D eigenvalue weighted by molar-refractivity contribution is 6.30. The molecule has 3 N–H and O–H groups in total. The van der Waals surface area contributed by atoms with Crippen LogP contribution in [-0.4, -0.2) is 18.3 Å². The molecule has 1 aliphatic carbocycles. The molecule has 16 heavy (non-hydrogen) atoms. The van der Waals surface area contributed by atoms with Crippen LogP contribution in [0.2, 0.25) is 5.02 Å². The molecule has 2 unspecified atom stereocenters. The summed E-state index contributed by atoms with van der Waals surface area (Å²) in [6, 6.07) is 7.91. The molecule has 0 bridgehead atoms. The smallest absolute Gasteiger partial charge is 0.0505 e. The van der Waals surface area contributed by atoms with Crippen LogP contribution in [0.3, 0.4) is 0 Å². The minimum Gasteiger partial charge on any atom is -0.396 e. The summed E-state index contributed by atoms with van der Waals surface area (Å²) < 4.78 is 0. The van der Waals surface area contributed by atoms with Crippen LogP contribution in [-0.2, 0) is 6.42 Å². The fourth-order valence-electron chi connectivity index (χ4n) is 2.64. The van der Waals surface area contributed by atoms with Gasteiger partial charge in [-0.15, -0.1) is 0 Å². The Morgan fingerprint density at radius 3 is 2.44 bits per heavy atom. The van der Waals surface area contributed by atoms with Crippen LogP contribution in [0.15, 0.2) is 24.3 Å². The highest BCUT2D eigenvalue weighted by Crippen LogP contribution is 2.64. The number of aliphatic hydroxyl groups is 1. The maximum atomic E-state index is 9.41. The van der Waals surface area contributed by atoms with Crippen molar-refractivity contribution in [2.45, 2.75) is 19.8 Å². The molecule has 0 spiro atoms. The summed E-state index contributed by atoms with van der Waals surface area (Å²) in [6.45, 7) is 2.95. The molecule has 2 atom stereocenters. The first-order chi connectivity index (χ1) is 7.55. The Bertz CT molecular complexity index is 372. The molecule has 2 nitrogen and oxygen atoms in total. The molecule has 0 radical (unpaired) electrons. The van der Waals surface area contributed by atoms with Crippen molar-refractivity contribution in [3.8, 4) is 0 Å². The normalized spacial score (nSPS) is 32.8. The van der Waals surface area contributed by atoms with Crippen molar-refractivity contribution in [2.24, 2.45) is 16.6 Å². The van der Waals surface area contributed by atoms with E-state index in [-0.39, 0.29) is 17.4 Å². The van der Waals surface area contributed by atoms with E-state index in [0.717, 1.165) is 17.9 Å². The van der Waals surface area contributed by atoms with E-state index < -0.39 is 0 Å². The number of aliphatic hydroxyl groups excluding tert-OH is 1. The van der Waals surface area contributed by atoms with E-state index in [1.165, 1.54) is 5.56 Å². The molecular weight excluding hydrogens is 222 g/mol. The predicted octanol–water partition coefficient (Wildman–Crippen LogP) is 2.23. The Morgan fingerprint density at radius 1 is 1.38 bits per heavy atom. The van der Waals surface area contributed by atoms with Crippen molar-refractivity contribution in [3.63, 3.8) is 0 Å². The minimum atomic E-state index is -0.0629. The van der Waals surface area contributed by atoms with Crippen LogP contribution in [0.5, 0.6) is 0 Å². The largest absolute Gasteiger partial charge is 0.396 e. The summed E-state index contributed by atoms with van der Waals surface area (Å²) in [5, 5.41) is 10.2. The van der Waals surface area contributed by atoms with Gasteiger partial charge in [0.05, 0.1) is 6.61 Å².